The van der Waals surface area contributed by atoms with Crippen molar-refractivity contribution in [2.24, 2.45) is 0 Å². The van der Waals surface area contributed by atoms with E-state index in [4.69, 9.17) is 9.47 Å². The highest BCUT2D eigenvalue weighted by atomic mass is 19.2. The highest BCUT2D eigenvalue weighted by molar-refractivity contribution is 5.79. The molecule has 1 aliphatic heterocycles. The van der Waals surface area contributed by atoms with Gasteiger partial charge in [-0.3, -0.25) is 9.78 Å². The van der Waals surface area contributed by atoms with Gasteiger partial charge in [-0.05, 0) is 37.0 Å². The van der Waals surface area contributed by atoms with E-state index in [-0.39, 0.29) is 29.4 Å². The van der Waals surface area contributed by atoms with Gasteiger partial charge in [0.2, 0.25) is 5.91 Å². The fraction of sp³-hybridized carbons (Fsp3) is 0.375. The summed E-state index contributed by atoms with van der Waals surface area (Å²) in [5, 5.41) is 3.20. The molecule has 9 heteroatoms. The van der Waals surface area contributed by atoms with E-state index in [1.165, 1.54) is 6.20 Å². The molecule has 174 valence electrons. The van der Waals surface area contributed by atoms with Crippen LogP contribution in [0.2, 0.25) is 0 Å². The number of hydrogen-bond donors (Lipinski definition) is 1. The van der Waals surface area contributed by atoms with Gasteiger partial charge < -0.3 is 19.7 Å². The van der Waals surface area contributed by atoms with Gasteiger partial charge >= 0.3 is 0 Å². The fourth-order valence-corrected chi connectivity index (χ4v) is 4.12. The molecule has 1 atom stereocenters. The molecular weight excluding hydrogens is 430 g/mol. The molecule has 1 aliphatic rings. The van der Waals surface area contributed by atoms with Crippen LogP contribution in [0.5, 0.6) is 11.5 Å². The molecule has 2 aromatic carbocycles. The van der Waals surface area contributed by atoms with Gasteiger partial charge in [0.15, 0.2) is 23.1 Å². The van der Waals surface area contributed by atoms with Crippen LogP contribution in [0.3, 0.4) is 0 Å². The van der Waals surface area contributed by atoms with Crippen LogP contribution >= 0.6 is 0 Å². The Morgan fingerprint density at radius 3 is 2.61 bits per heavy atom. The van der Waals surface area contributed by atoms with Crippen LogP contribution in [0.4, 0.5) is 14.6 Å². The van der Waals surface area contributed by atoms with Crippen molar-refractivity contribution in [2.45, 2.75) is 31.7 Å². The van der Waals surface area contributed by atoms with E-state index >= 15 is 0 Å². The normalized spacial score (nSPS) is 16.0. The van der Waals surface area contributed by atoms with Gasteiger partial charge in [-0.25, -0.2) is 13.8 Å². The zero-order valence-electron chi connectivity index (χ0n) is 18.6. The molecule has 1 N–H and O–H groups in total. The summed E-state index contributed by atoms with van der Waals surface area (Å²) >= 11 is 0. The summed E-state index contributed by atoms with van der Waals surface area (Å²) in [7, 11) is 3.14. The number of aromatic nitrogens is 2. The summed E-state index contributed by atoms with van der Waals surface area (Å²) in [6.45, 7) is 1.17. The largest absolute Gasteiger partial charge is 0.493 e. The van der Waals surface area contributed by atoms with E-state index in [0.29, 0.717) is 30.4 Å². The third kappa shape index (κ3) is 5.13. The lowest BCUT2D eigenvalue weighted by molar-refractivity contribution is -0.133. The Bertz CT molecular complexity index is 1160. The maximum atomic E-state index is 13.5. The highest BCUT2D eigenvalue weighted by Crippen LogP contribution is 2.28. The number of carbonyl (C=O) groups is 1. The standard InChI is InChI=1S/C24H26F2N4O3/c1-32-21-7-6-15(9-22(21)33-2)10-24(31)30-8-4-3-5-16(30)13-28-23-14-27-19-11-17(25)18(26)12-20(19)29-23/h6-7,9,11-12,14,16H,3-5,8,10,13H2,1-2H3,(H,28,29). The number of halogens is 2. The lowest BCUT2D eigenvalue weighted by atomic mass is 10.0. The monoisotopic (exact) mass is 456 g/mol. The number of rotatable bonds is 7. The van der Waals surface area contributed by atoms with Gasteiger partial charge in [-0.2, -0.15) is 0 Å². The number of nitrogens with one attached hydrogen (secondary N) is 1. The Balaban J connectivity index is 1.43. The van der Waals surface area contributed by atoms with E-state index in [0.717, 1.165) is 37.0 Å². The molecule has 0 spiro atoms. The maximum Gasteiger partial charge on any atom is 0.227 e. The Kier molecular flexibility index (Phi) is 6.86. The molecule has 0 saturated carbocycles. The minimum absolute atomic E-state index is 0.00570. The molecule has 0 radical (unpaired) electrons. The first-order valence-electron chi connectivity index (χ1n) is 10.8. The molecule has 1 fully saturated rings. The van der Waals surface area contributed by atoms with Crippen LogP contribution in [0.1, 0.15) is 24.8 Å². The van der Waals surface area contributed by atoms with Gasteiger partial charge in [0.25, 0.3) is 0 Å². The van der Waals surface area contributed by atoms with Crippen molar-refractivity contribution in [1.82, 2.24) is 14.9 Å². The molecule has 1 unspecified atom stereocenters. The number of fused-ring (bicyclic) bond motifs is 1. The number of benzene rings is 2. The highest BCUT2D eigenvalue weighted by Gasteiger charge is 2.27. The summed E-state index contributed by atoms with van der Waals surface area (Å²) < 4.78 is 37.5. The first-order chi connectivity index (χ1) is 16.0. The van der Waals surface area contributed by atoms with Crippen molar-refractivity contribution in [3.63, 3.8) is 0 Å². The molecule has 3 aromatic rings. The maximum absolute atomic E-state index is 13.5. The Hall–Kier alpha value is -3.49. The Morgan fingerprint density at radius 2 is 1.85 bits per heavy atom. The van der Waals surface area contributed by atoms with Crippen molar-refractivity contribution in [3.8, 4) is 11.5 Å². The van der Waals surface area contributed by atoms with Crippen LogP contribution in [-0.2, 0) is 11.2 Å². The minimum Gasteiger partial charge on any atom is -0.493 e. The molecule has 1 aromatic heterocycles. The fourth-order valence-electron chi connectivity index (χ4n) is 4.12. The molecule has 0 aliphatic carbocycles. The number of carbonyl (C=O) groups excluding carboxylic acids is 1. The van der Waals surface area contributed by atoms with Crippen molar-refractivity contribution in [2.75, 3.05) is 32.6 Å². The number of ether oxygens (including phenoxy) is 2. The molecule has 33 heavy (non-hydrogen) atoms. The van der Waals surface area contributed by atoms with Crippen molar-refractivity contribution >= 4 is 22.8 Å². The quantitative estimate of drug-likeness (QED) is 0.580. The third-order valence-corrected chi connectivity index (χ3v) is 5.85. The average Bonchev–Trinajstić information content (AvgIpc) is 2.83. The van der Waals surface area contributed by atoms with E-state index < -0.39 is 11.6 Å². The van der Waals surface area contributed by atoms with E-state index in [9.17, 15) is 13.6 Å². The number of anilines is 1. The topological polar surface area (TPSA) is 76.6 Å². The second-order valence-electron chi connectivity index (χ2n) is 7.99. The van der Waals surface area contributed by atoms with Crippen molar-refractivity contribution < 1.29 is 23.0 Å². The Labute approximate surface area is 190 Å². The molecule has 7 nitrogen and oxygen atoms in total. The third-order valence-electron chi connectivity index (χ3n) is 5.85. The van der Waals surface area contributed by atoms with Gasteiger partial charge in [0.1, 0.15) is 5.82 Å². The number of piperidine rings is 1. The van der Waals surface area contributed by atoms with E-state index in [2.05, 4.69) is 15.3 Å². The molecule has 4 rings (SSSR count). The van der Waals surface area contributed by atoms with Crippen molar-refractivity contribution in [1.29, 1.82) is 0 Å². The summed E-state index contributed by atoms with van der Waals surface area (Å²) in [4.78, 5) is 23.5. The first kappa shape index (κ1) is 22.7. The Morgan fingerprint density at radius 1 is 1.09 bits per heavy atom. The predicted molar refractivity (Wildman–Crippen MR) is 121 cm³/mol. The van der Waals surface area contributed by atoms with Gasteiger partial charge in [0, 0.05) is 31.3 Å². The summed E-state index contributed by atoms with van der Waals surface area (Å²) in [5.41, 5.74) is 1.40. The first-order valence-corrected chi connectivity index (χ1v) is 10.8. The van der Waals surface area contributed by atoms with Crippen molar-refractivity contribution in [3.05, 3.63) is 53.7 Å². The van der Waals surface area contributed by atoms with Crippen LogP contribution in [0, 0.1) is 11.6 Å². The van der Waals surface area contributed by atoms with Gasteiger partial charge in [-0.15, -0.1) is 0 Å². The second-order valence-corrected chi connectivity index (χ2v) is 7.99. The molecule has 0 bridgehead atoms. The number of likely N-dealkylation sites (tertiary alicyclic amines) is 1. The summed E-state index contributed by atoms with van der Waals surface area (Å²) in [6, 6.07) is 7.53. The lowest BCUT2D eigenvalue weighted by Gasteiger charge is -2.36. The van der Waals surface area contributed by atoms with Gasteiger partial charge in [-0.1, -0.05) is 6.07 Å². The molecule has 1 saturated heterocycles. The molecule has 1 amide bonds. The summed E-state index contributed by atoms with van der Waals surface area (Å²) in [5.74, 6) is -0.225. The number of hydrogen-bond acceptors (Lipinski definition) is 6. The SMILES string of the molecule is COc1ccc(CC(=O)N2CCCCC2CNc2cnc3cc(F)c(F)cc3n2)cc1OC. The predicted octanol–water partition coefficient (Wildman–Crippen LogP) is 3.96. The minimum atomic E-state index is -0.965. The van der Waals surface area contributed by atoms with Crippen LogP contribution < -0.4 is 14.8 Å². The van der Waals surface area contributed by atoms with Crippen LogP contribution in [0.25, 0.3) is 11.0 Å². The average molecular weight is 456 g/mol. The summed E-state index contributed by atoms with van der Waals surface area (Å²) in [6.07, 6.45) is 4.59. The van der Waals surface area contributed by atoms with E-state index in [1.807, 2.05) is 17.0 Å². The second kappa shape index (κ2) is 9.97. The molecule has 2 heterocycles. The smallest absolute Gasteiger partial charge is 0.227 e. The number of amides is 1. The number of nitrogens with zero attached hydrogens (tertiary/aromatic N) is 3. The lowest BCUT2D eigenvalue weighted by Crippen LogP contribution is -2.47. The van der Waals surface area contributed by atoms with Crippen LogP contribution in [-0.4, -0.2) is 54.1 Å². The zero-order valence-corrected chi connectivity index (χ0v) is 18.6. The van der Waals surface area contributed by atoms with Crippen LogP contribution in [0.15, 0.2) is 36.5 Å². The molecular formula is C24H26F2N4O3. The number of methoxy groups -OCH3 is 2. The van der Waals surface area contributed by atoms with E-state index in [1.54, 1.807) is 20.3 Å². The van der Waals surface area contributed by atoms with Gasteiger partial charge in [0.05, 0.1) is 37.9 Å². The zero-order chi connectivity index (χ0) is 23.4.